The molecule has 1 rings (SSSR count). The highest BCUT2D eigenvalue weighted by atomic mass is 19.4. The second-order valence-corrected chi connectivity index (χ2v) is 4.42. The number of ether oxygens (including phenoxy) is 1. The van der Waals surface area contributed by atoms with Gasteiger partial charge in [-0.2, -0.15) is 13.2 Å². The number of nitrogens with one attached hydrogen (secondary N) is 1. The molecule has 0 aromatic heterocycles. The van der Waals surface area contributed by atoms with Crippen molar-refractivity contribution in [3.05, 3.63) is 0 Å². The van der Waals surface area contributed by atoms with Crippen LogP contribution in [0.15, 0.2) is 0 Å². The van der Waals surface area contributed by atoms with Crippen LogP contribution in [0, 0.1) is 18.8 Å². The first kappa shape index (κ1) is 22.4. The summed E-state index contributed by atoms with van der Waals surface area (Å²) in [6.07, 6.45) is 4.10. The van der Waals surface area contributed by atoms with E-state index in [2.05, 4.69) is 36.7 Å². The van der Waals surface area contributed by atoms with Crippen molar-refractivity contribution < 1.29 is 27.5 Å². The molecule has 5 nitrogen and oxygen atoms in total. The molecule has 0 aromatic rings. The maximum absolute atomic E-state index is 12.3. The summed E-state index contributed by atoms with van der Waals surface area (Å²) in [5.41, 5.74) is 0. The summed E-state index contributed by atoms with van der Waals surface area (Å²) in [5, 5.41) is 2.13. The molecule has 8 heteroatoms. The number of hydrogen-bond acceptors (Lipinski definition) is 3. The summed E-state index contributed by atoms with van der Waals surface area (Å²) in [4.78, 5) is 23.2. The van der Waals surface area contributed by atoms with Gasteiger partial charge in [-0.1, -0.05) is 20.3 Å². The van der Waals surface area contributed by atoms with Crippen molar-refractivity contribution in [3.8, 4) is 12.8 Å². The molecule has 0 saturated carbocycles. The van der Waals surface area contributed by atoms with Gasteiger partial charge < -0.3 is 15.0 Å². The molecule has 0 aromatic carbocycles. The van der Waals surface area contributed by atoms with E-state index in [1.165, 1.54) is 6.42 Å². The smallest absolute Gasteiger partial charge is 0.407 e. The molecule has 2 amide bonds. The molecule has 0 aliphatic carbocycles. The number of likely N-dealkylation sites (tertiary alicyclic amines) is 1. The average Bonchev–Trinajstić information content (AvgIpc) is 2.97. The van der Waals surface area contributed by atoms with Crippen LogP contribution >= 0.6 is 0 Å². The number of carbonyl (C=O) groups is 2. The van der Waals surface area contributed by atoms with Crippen molar-refractivity contribution >= 4 is 12.0 Å². The number of alkyl carbamates (subject to hydrolysis) is 1. The maximum Gasteiger partial charge on any atom is 0.407 e. The molecule has 0 radical (unpaired) electrons. The van der Waals surface area contributed by atoms with Gasteiger partial charge in [0.1, 0.15) is 6.54 Å². The Morgan fingerprint density at radius 3 is 2.18 bits per heavy atom. The number of nitrogens with zero attached hydrogens (tertiary/aromatic N) is 1. The van der Waals surface area contributed by atoms with E-state index in [1.807, 2.05) is 0 Å². The number of hydrogen-bond donors (Lipinski definition) is 1. The molecule has 1 aliphatic heterocycles. The van der Waals surface area contributed by atoms with Gasteiger partial charge in [0.25, 0.3) is 0 Å². The quantitative estimate of drug-likeness (QED) is 0.794. The van der Waals surface area contributed by atoms with Crippen LogP contribution in [0.4, 0.5) is 18.0 Å². The minimum Gasteiger partial charge on any atom is -0.453 e. The predicted molar refractivity (Wildman–Crippen MR) is 77.0 cm³/mol. The standard InChI is InChI=1S/C9H13F3N2O3.C3H8.C2H2/c1-17-8(16)13-4-7(15)14-3-2-6(5-14)9(10,11)12;1-3-2;1-2/h6H,2-5H2,1H3,(H,13,16);3H2,1-2H3;1-2H/t6-;;/m1../s1. The fraction of sp³-hybridized carbons (Fsp3) is 0.714. The van der Waals surface area contributed by atoms with Crippen molar-refractivity contribution in [3.63, 3.8) is 0 Å². The predicted octanol–water partition coefficient (Wildman–Crippen LogP) is 2.42. The van der Waals surface area contributed by atoms with Crippen molar-refractivity contribution in [2.75, 3.05) is 26.7 Å². The molecule has 1 heterocycles. The SMILES string of the molecule is C#C.CCC.COC(=O)NCC(=O)N1CC[C@@H](C(F)(F)F)C1. The lowest BCUT2D eigenvalue weighted by molar-refractivity contribution is -0.171. The molecule has 1 fully saturated rings. The molecule has 1 N–H and O–H groups in total. The normalized spacial score (nSPS) is 16.5. The lowest BCUT2D eigenvalue weighted by Gasteiger charge is -2.17. The van der Waals surface area contributed by atoms with E-state index in [-0.39, 0.29) is 26.1 Å². The molecule has 128 valence electrons. The monoisotopic (exact) mass is 324 g/mol. The Bertz CT molecular complexity index is 357. The highest BCUT2D eigenvalue weighted by molar-refractivity contribution is 5.82. The molecule has 1 atom stereocenters. The van der Waals surface area contributed by atoms with Gasteiger partial charge in [-0.3, -0.25) is 4.79 Å². The third kappa shape index (κ3) is 9.10. The minimum atomic E-state index is -4.27. The van der Waals surface area contributed by atoms with E-state index in [0.29, 0.717) is 0 Å². The highest BCUT2D eigenvalue weighted by Gasteiger charge is 2.44. The summed E-state index contributed by atoms with van der Waals surface area (Å²) in [6, 6.07) is 0. The van der Waals surface area contributed by atoms with Crippen LogP contribution in [0.1, 0.15) is 26.7 Å². The number of carbonyl (C=O) groups excluding carboxylic acids is 2. The zero-order valence-corrected chi connectivity index (χ0v) is 13.1. The topological polar surface area (TPSA) is 58.6 Å². The van der Waals surface area contributed by atoms with Crippen LogP contribution in [0.2, 0.25) is 0 Å². The lowest BCUT2D eigenvalue weighted by atomic mass is 10.1. The largest absolute Gasteiger partial charge is 0.453 e. The van der Waals surface area contributed by atoms with Crippen LogP contribution < -0.4 is 5.32 Å². The number of alkyl halides is 3. The number of methoxy groups -OCH3 is 1. The van der Waals surface area contributed by atoms with Crippen LogP contribution in [-0.2, 0) is 9.53 Å². The van der Waals surface area contributed by atoms with Crippen molar-refractivity contribution in [1.82, 2.24) is 10.2 Å². The Morgan fingerprint density at radius 1 is 1.32 bits per heavy atom. The first-order valence-corrected chi connectivity index (χ1v) is 6.75. The molecule has 1 saturated heterocycles. The van der Waals surface area contributed by atoms with Crippen LogP contribution in [0.3, 0.4) is 0 Å². The molecule has 22 heavy (non-hydrogen) atoms. The zero-order valence-electron chi connectivity index (χ0n) is 13.1. The third-order valence-corrected chi connectivity index (χ3v) is 2.57. The summed E-state index contributed by atoms with van der Waals surface area (Å²) < 4.78 is 41.3. The summed E-state index contributed by atoms with van der Waals surface area (Å²) in [5.74, 6) is -2.01. The van der Waals surface area contributed by atoms with E-state index in [4.69, 9.17) is 0 Å². The number of amides is 2. The van der Waals surface area contributed by atoms with Crippen molar-refractivity contribution in [2.24, 2.45) is 5.92 Å². The summed E-state index contributed by atoms with van der Waals surface area (Å²) >= 11 is 0. The van der Waals surface area contributed by atoms with E-state index < -0.39 is 24.1 Å². The molecule has 0 unspecified atom stereocenters. The minimum absolute atomic E-state index is 0.0614. The third-order valence-electron chi connectivity index (χ3n) is 2.57. The fourth-order valence-corrected chi connectivity index (χ4v) is 1.59. The van der Waals surface area contributed by atoms with E-state index in [1.54, 1.807) is 0 Å². The number of halogens is 3. The van der Waals surface area contributed by atoms with Gasteiger partial charge in [0, 0.05) is 13.1 Å². The van der Waals surface area contributed by atoms with E-state index in [9.17, 15) is 22.8 Å². The van der Waals surface area contributed by atoms with Gasteiger partial charge in [0.15, 0.2) is 0 Å². The van der Waals surface area contributed by atoms with Gasteiger partial charge >= 0.3 is 12.3 Å². The fourth-order valence-electron chi connectivity index (χ4n) is 1.59. The van der Waals surface area contributed by atoms with Crippen molar-refractivity contribution in [2.45, 2.75) is 32.9 Å². The van der Waals surface area contributed by atoms with E-state index in [0.717, 1.165) is 12.0 Å². The molecule has 0 spiro atoms. The first-order valence-electron chi connectivity index (χ1n) is 6.75. The Balaban J connectivity index is 0. The van der Waals surface area contributed by atoms with Crippen LogP contribution in [0.5, 0.6) is 0 Å². The molecular weight excluding hydrogens is 301 g/mol. The zero-order chi connectivity index (χ0) is 17.8. The molecular formula is C14H23F3N2O3. The average molecular weight is 324 g/mol. The van der Waals surface area contributed by atoms with Gasteiger partial charge in [0.2, 0.25) is 5.91 Å². The van der Waals surface area contributed by atoms with Crippen molar-refractivity contribution in [1.29, 1.82) is 0 Å². The Labute approximate surface area is 129 Å². The lowest BCUT2D eigenvalue weighted by Crippen LogP contribution is -2.39. The summed E-state index contributed by atoms with van der Waals surface area (Å²) in [6.45, 7) is 3.62. The second kappa shape index (κ2) is 11.7. The van der Waals surface area contributed by atoms with Gasteiger partial charge in [0.05, 0.1) is 13.0 Å². The van der Waals surface area contributed by atoms with Crippen LogP contribution in [0.25, 0.3) is 0 Å². The highest BCUT2D eigenvalue weighted by Crippen LogP contribution is 2.33. The number of terminal acetylenes is 1. The Kier molecular flexibility index (Phi) is 11.9. The summed E-state index contributed by atoms with van der Waals surface area (Å²) in [7, 11) is 1.13. The van der Waals surface area contributed by atoms with E-state index >= 15 is 0 Å². The van der Waals surface area contributed by atoms with Gasteiger partial charge in [-0.05, 0) is 6.42 Å². The Hall–Kier alpha value is -1.91. The van der Waals surface area contributed by atoms with Gasteiger partial charge in [-0.15, -0.1) is 12.8 Å². The van der Waals surface area contributed by atoms with Crippen LogP contribution in [-0.4, -0.2) is 49.8 Å². The maximum atomic E-state index is 12.3. The molecule has 0 bridgehead atoms. The molecule has 1 aliphatic rings. The number of rotatable bonds is 2. The van der Waals surface area contributed by atoms with Gasteiger partial charge in [-0.25, -0.2) is 4.79 Å². The second-order valence-electron chi connectivity index (χ2n) is 4.42. The Morgan fingerprint density at radius 2 is 1.82 bits per heavy atom. The first-order chi connectivity index (χ1) is 10.3.